The number of pyridine rings is 1. The van der Waals surface area contributed by atoms with Crippen LogP contribution in [-0.4, -0.2) is 4.98 Å². The van der Waals surface area contributed by atoms with Crippen LogP contribution in [0, 0.1) is 13.8 Å². The highest BCUT2D eigenvalue weighted by atomic mass is 32.2. The SMILES string of the molecule is Cc1ccc(SCc2cc(C)nc3ccccc23)c(N)c1. The van der Waals surface area contributed by atoms with E-state index in [9.17, 15) is 0 Å². The van der Waals surface area contributed by atoms with E-state index in [4.69, 9.17) is 5.73 Å². The van der Waals surface area contributed by atoms with Crippen LogP contribution in [0.5, 0.6) is 0 Å². The lowest BCUT2D eigenvalue weighted by Gasteiger charge is -2.09. The molecule has 3 rings (SSSR count). The Morgan fingerprint density at radius 3 is 2.67 bits per heavy atom. The minimum atomic E-state index is 0.857. The molecule has 0 radical (unpaired) electrons. The van der Waals surface area contributed by atoms with E-state index in [1.54, 1.807) is 11.8 Å². The number of para-hydroxylation sites is 1. The fraction of sp³-hybridized carbons (Fsp3) is 0.167. The van der Waals surface area contributed by atoms with Crippen molar-refractivity contribution in [3.05, 3.63) is 65.4 Å². The number of rotatable bonds is 3. The first-order valence-electron chi connectivity index (χ1n) is 6.97. The molecule has 3 heteroatoms. The van der Waals surface area contributed by atoms with Gasteiger partial charge in [0, 0.05) is 27.4 Å². The van der Waals surface area contributed by atoms with Gasteiger partial charge in [-0.25, -0.2) is 0 Å². The highest BCUT2D eigenvalue weighted by Crippen LogP contribution is 2.31. The number of hydrogen-bond acceptors (Lipinski definition) is 3. The molecule has 0 unspecified atom stereocenters. The third-order valence-corrected chi connectivity index (χ3v) is 4.62. The van der Waals surface area contributed by atoms with Crippen LogP contribution in [0.1, 0.15) is 16.8 Å². The van der Waals surface area contributed by atoms with E-state index < -0.39 is 0 Å². The summed E-state index contributed by atoms with van der Waals surface area (Å²) in [6.07, 6.45) is 0. The van der Waals surface area contributed by atoms with E-state index in [1.165, 1.54) is 16.5 Å². The zero-order chi connectivity index (χ0) is 14.8. The summed E-state index contributed by atoms with van der Waals surface area (Å²) < 4.78 is 0. The first-order valence-corrected chi connectivity index (χ1v) is 7.96. The maximum absolute atomic E-state index is 6.09. The second kappa shape index (κ2) is 5.78. The third kappa shape index (κ3) is 3.03. The Kier molecular flexibility index (Phi) is 3.84. The number of nitrogen functional groups attached to an aromatic ring is 1. The molecule has 0 amide bonds. The Morgan fingerprint density at radius 1 is 1.05 bits per heavy atom. The summed E-state index contributed by atoms with van der Waals surface area (Å²) in [6, 6.07) is 16.7. The molecule has 106 valence electrons. The largest absolute Gasteiger partial charge is 0.398 e. The molecule has 0 atom stereocenters. The summed E-state index contributed by atoms with van der Waals surface area (Å²) in [4.78, 5) is 5.72. The second-order valence-electron chi connectivity index (χ2n) is 5.27. The van der Waals surface area contributed by atoms with Gasteiger partial charge in [0.05, 0.1) is 5.52 Å². The molecule has 0 saturated carbocycles. The normalized spacial score (nSPS) is 11.0. The van der Waals surface area contributed by atoms with Gasteiger partial charge in [-0.3, -0.25) is 4.98 Å². The summed E-state index contributed by atoms with van der Waals surface area (Å²) in [5, 5.41) is 1.22. The number of aryl methyl sites for hydroxylation is 2. The fourth-order valence-electron chi connectivity index (χ4n) is 2.47. The molecule has 1 heterocycles. The molecule has 1 aromatic heterocycles. The van der Waals surface area contributed by atoms with Crippen molar-refractivity contribution >= 4 is 28.4 Å². The lowest BCUT2D eigenvalue weighted by Crippen LogP contribution is -1.92. The standard InChI is InChI=1S/C18H18N2S/c1-12-7-8-18(16(19)9-12)21-11-14-10-13(2)20-17-6-4-3-5-15(14)17/h3-10H,11,19H2,1-2H3. The molecule has 0 bridgehead atoms. The maximum Gasteiger partial charge on any atom is 0.0708 e. The lowest BCUT2D eigenvalue weighted by molar-refractivity contribution is 1.23. The van der Waals surface area contributed by atoms with Crippen molar-refractivity contribution < 1.29 is 0 Å². The Labute approximate surface area is 129 Å². The minimum absolute atomic E-state index is 0.857. The number of hydrogen-bond donors (Lipinski definition) is 1. The number of thioether (sulfide) groups is 1. The molecular weight excluding hydrogens is 276 g/mol. The van der Waals surface area contributed by atoms with Crippen molar-refractivity contribution in [2.24, 2.45) is 0 Å². The molecule has 0 spiro atoms. The number of fused-ring (bicyclic) bond motifs is 1. The van der Waals surface area contributed by atoms with Crippen molar-refractivity contribution in [3.63, 3.8) is 0 Å². The number of benzene rings is 2. The van der Waals surface area contributed by atoms with Gasteiger partial charge in [0.15, 0.2) is 0 Å². The van der Waals surface area contributed by atoms with Gasteiger partial charge in [0.25, 0.3) is 0 Å². The lowest BCUT2D eigenvalue weighted by atomic mass is 10.1. The molecule has 2 nitrogen and oxygen atoms in total. The van der Waals surface area contributed by atoms with Gasteiger partial charge in [0.1, 0.15) is 0 Å². The first kappa shape index (κ1) is 14.0. The van der Waals surface area contributed by atoms with E-state index in [-0.39, 0.29) is 0 Å². The summed E-state index contributed by atoms with van der Waals surface area (Å²) in [5.74, 6) is 0.900. The monoisotopic (exact) mass is 294 g/mol. The summed E-state index contributed by atoms with van der Waals surface area (Å²) in [5.41, 5.74) is 11.6. The quantitative estimate of drug-likeness (QED) is 0.561. The molecule has 0 aliphatic rings. The van der Waals surface area contributed by atoms with Crippen LogP contribution in [0.2, 0.25) is 0 Å². The first-order chi connectivity index (χ1) is 10.1. The Hall–Kier alpha value is -2.00. The zero-order valence-electron chi connectivity index (χ0n) is 12.3. The molecule has 2 N–H and O–H groups in total. The van der Waals surface area contributed by atoms with Gasteiger partial charge in [-0.05, 0) is 49.2 Å². The summed E-state index contributed by atoms with van der Waals surface area (Å²) in [7, 11) is 0. The van der Waals surface area contributed by atoms with Gasteiger partial charge in [-0.1, -0.05) is 24.3 Å². The zero-order valence-corrected chi connectivity index (χ0v) is 13.1. The topological polar surface area (TPSA) is 38.9 Å². The van der Waals surface area contributed by atoms with Gasteiger partial charge in [-0.2, -0.15) is 0 Å². The van der Waals surface area contributed by atoms with Gasteiger partial charge >= 0.3 is 0 Å². The molecule has 0 saturated heterocycles. The molecule has 3 aromatic rings. The number of anilines is 1. The van der Waals surface area contributed by atoms with Crippen LogP contribution in [0.4, 0.5) is 5.69 Å². The Balaban J connectivity index is 1.91. The molecule has 21 heavy (non-hydrogen) atoms. The van der Waals surface area contributed by atoms with Crippen LogP contribution in [0.25, 0.3) is 10.9 Å². The summed E-state index contributed by atoms with van der Waals surface area (Å²) in [6.45, 7) is 4.10. The van der Waals surface area contributed by atoms with Crippen LogP contribution in [0.3, 0.4) is 0 Å². The Morgan fingerprint density at radius 2 is 1.86 bits per heavy atom. The van der Waals surface area contributed by atoms with Crippen LogP contribution >= 0.6 is 11.8 Å². The highest BCUT2D eigenvalue weighted by molar-refractivity contribution is 7.98. The fourth-order valence-corrected chi connectivity index (χ4v) is 3.41. The third-order valence-electron chi connectivity index (χ3n) is 3.48. The van der Waals surface area contributed by atoms with Crippen LogP contribution in [0.15, 0.2) is 53.4 Å². The molecule has 2 aromatic carbocycles. The molecule has 0 aliphatic heterocycles. The highest BCUT2D eigenvalue weighted by Gasteiger charge is 2.06. The number of nitrogens with two attached hydrogens (primary N) is 1. The molecular formula is C18H18N2S. The van der Waals surface area contributed by atoms with Gasteiger partial charge in [0.2, 0.25) is 0 Å². The molecule has 0 fully saturated rings. The maximum atomic E-state index is 6.09. The Bertz CT molecular complexity index is 796. The molecule has 0 aliphatic carbocycles. The van der Waals surface area contributed by atoms with Crippen molar-refractivity contribution in [2.75, 3.05) is 5.73 Å². The van der Waals surface area contributed by atoms with Crippen molar-refractivity contribution in [1.82, 2.24) is 4.98 Å². The minimum Gasteiger partial charge on any atom is -0.398 e. The van der Waals surface area contributed by atoms with E-state index in [0.29, 0.717) is 0 Å². The van der Waals surface area contributed by atoms with E-state index in [0.717, 1.165) is 27.5 Å². The van der Waals surface area contributed by atoms with E-state index in [1.807, 2.05) is 19.1 Å². The predicted octanol–water partition coefficient (Wildman–Crippen LogP) is 4.73. The van der Waals surface area contributed by atoms with Gasteiger partial charge in [-0.15, -0.1) is 11.8 Å². The summed E-state index contributed by atoms with van der Waals surface area (Å²) >= 11 is 1.78. The second-order valence-corrected chi connectivity index (χ2v) is 6.29. The van der Waals surface area contributed by atoms with E-state index >= 15 is 0 Å². The van der Waals surface area contributed by atoms with Gasteiger partial charge < -0.3 is 5.73 Å². The average molecular weight is 294 g/mol. The van der Waals surface area contributed by atoms with Crippen LogP contribution < -0.4 is 5.73 Å². The van der Waals surface area contributed by atoms with Crippen molar-refractivity contribution in [3.8, 4) is 0 Å². The smallest absolute Gasteiger partial charge is 0.0708 e. The number of nitrogens with zero attached hydrogens (tertiary/aromatic N) is 1. The van der Waals surface area contributed by atoms with Crippen molar-refractivity contribution in [2.45, 2.75) is 24.5 Å². The van der Waals surface area contributed by atoms with Crippen molar-refractivity contribution in [1.29, 1.82) is 0 Å². The predicted molar refractivity (Wildman–Crippen MR) is 91.6 cm³/mol. The van der Waals surface area contributed by atoms with Crippen LogP contribution in [-0.2, 0) is 5.75 Å². The van der Waals surface area contributed by atoms with E-state index in [2.05, 4.69) is 48.3 Å². The number of aromatic nitrogens is 1. The average Bonchev–Trinajstić information content (AvgIpc) is 2.46.